The number of benzene rings is 2. The number of rotatable bonds is 4. The molecule has 0 spiro atoms. The van der Waals surface area contributed by atoms with Crippen molar-refractivity contribution in [1.82, 2.24) is 9.78 Å². The molecule has 26 heavy (non-hydrogen) atoms. The Morgan fingerprint density at radius 2 is 1.69 bits per heavy atom. The van der Waals surface area contributed by atoms with Crippen LogP contribution in [0.1, 0.15) is 11.3 Å². The standard InChI is InChI=1S/C17H14F3N3O2S/c18-17(19,20)16-9-15(12-3-1-11(10-21)2-4-12)23(22-16)13-5-7-14(8-6-13)26(24)25/h1-9H,10,21H2,(H,24,25). The molecule has 9 heteroatoms. The highest BCUT2D eigenvalue weighted by atomic mass is 32.2. The molecule has 0 saturated heterocycles. The Labute approximate surface area is 149 Å². The zero-order chi connectivity index (χ0) is 18.9. The van der Waals surface area contributed by atoms with Gasteiger partial charge < -0.3 is 10.3 Å². The minimum Gasteiger partial charge on any atom is -0.326 e. The lowest BCUT2D eigenvalue weighted by Gasteiger charge is -2.09. The van der Waals surface area contributed by atoms with Crippen LogP contribution in [0.4, 0.5) is 13.2 Å². The van der Waals surface area contributed by atoms with Gasteiger partial charge in [-0.3, -0.25) is 0 Å². The summed E-state index contributed by atoms with van der Waals surface area (Å²) in [5.41, 5.74) is 6.51. The number of nitrogens with zero attached hydrogens (tertiary/aromatic N) is 2. The molecule has 1 aromatic heterocycles. The van der Waals surface area contributed by atoms with Crippen molar-refractivity contribution in [3.05, 3.63) is 65.9 Å². The molecule has 3 aromatic rings. The number of aromatic nitrogens is 2. The van der Waals surface area contributed by atoms with Crippen LogP contribution in [0.15, 0.2) is 59.5 Å². The van der Waals surface area contributed by atoms with Gasteiger partial charge in [0.1, 0.15) is 0 Å². The van der Waals surface area contributed by atoms with E-state index >= 15 is 0 Å². The zero-order valence-electron chi connectivity index (χ0n) is 13.3. The van der Waals surface area contributed by atoms with E-state index in [-0.39, 0.29) is 10.6 Å². The summed E-state index contributed by atoms with van der Waals surface area (Å²) < 4.78 is 60.7. The Morgan fingerprint density at radius 3 is 2.19 bits per heavy atom. The van der Waals surface area contributed by atoms with Crippen molar-refractivity contribution in [3.63, 3.8) is 0 Å². The first-order valence-corrected chi connectivity index (χ1v) is 8.58. The van der Waals surface area contributed by atoms with Crippen molar-refractivity contribution in [1.29, 1.82) is 0 Å². The molecule has 136 valence electrons. The number of hydrogen-bond acceptors (Lipinski definition) is 3. The Morgan fingerprint density at radius 1 is 1.08 bits per heavy atom. The molecule has 0 fully saturated rings. The summed E-state index contributed by atoms with van der Waals surface area (Å²) >= 11 is -2.17. The highest BCUT2D eigenvalue weighted by molar-refractivity contribution is 7.79. The van der Waals surface area contributed by atoms with Gasteiger partial charge in [0.2, 0.25) is 0 Å². The molecule has 2 aromatic carbocycles. The van der Waals surface area contributed by atoms with Crippen LogP contribution in [0, 0.1) is 0 Å². The quantitative estimate of drug-likeness (QED) is 0.677. The van der Waals surface area contributed by atoms with Gasteiger partial charge in [-0.25, -0.2) is 8.89 Å². The topological polar surface area (TPSA) is 81.1 Å². The number of halogens is 3. The van der Waals surface area contributed by atoms with Crippen molar-refractivity contribution in [2.45, 2.75) is 17.6 Å². The van der Waals surface area contributed by atoms with E-state index in [0.29, 0.717) is 17.8 Å². The lowest BCUT2D eigenvalue weighted by molar-refractivity contribution is -0.141. The van der Waals surface area contributed by atoms with Crippen molar-refractivity contribution in [3.8, 4) is 16.9 Å². The molecule has 1 atom stereocenters. The fourth-order valence-corrected chi connectivity index (χ4v) is 2.81. The third kappa shape index (κ3) is 3.69. The van der Waals surface area contributed by atoms with E-state index in [1.807, 2.05) is 0 Å². The molecule has 0 amide bonds. The fourth-order valence-electron chi connectivity index (χ4n) is 2.44. The molecule has 0 aliphatic heterocycles. The first kappa shape index (κ1) is 18.3. The molecule has 0 bridgehead atoms. The third-order valence-electron chi connectivity index (χ3n) is 3.77. The fraction of sp³-hybridized carbons (Fsp3) is 0.118. The van der Waals surface area contributed by atoms with E-state index in [4.69, 9.17) is 10.3 Å². The van der Waals surface area contributed by atoms with E-state index in [1.165, 1.54) is 24.3 Å². The van der Waals surface area contributed by atoms with Crippen molar-refractivity contribution < 1.29 is 21.9 Å². The van der Waals surface area contributed by atoms with Crippen LogP contribution >= 0.6 is 0 Å². The molecule has 5 nitrogen and oxygen atoms in total. The summed E-state index contributed by atoms with van der Waals surface area (Å²) in [5.74, 6) is 0. The predicted molar refractivity (Wildman–Crippen MR) is 90.9 cm³/mol. The smallest absolute Gasteiger partial charge is 0.326 e. The molecular formula is C17H14F3N3O2S. The van der Waals surface area contributed by atoms with Crippen molar-refractivity contribution >= 4 is 11.1 Å². The van der Waals surface area contributed by atoms with E-state index in [9.17, 15) is 17.4 Å². The number of alkyl halides is 3. The molecule has 0 saturated carbocycles. The Hall–Kier alpha value is -2.49. The first-order valence-electron chi connectivity index (χ1n) is 7.47. The second-order valence-electron chi connectivity index (χ2n) is 5.47. The van der Waals surface area contributed by atoms with Crippen LogP contribution in [0.5, 0.6) is 0 Å². The first-order chi connectivity index (χ1) is 12.3. The second kappa shape index (κ2) is 7.02. The predicted octanol–water partition coefficient (Wildman–Crippen LogP) is 3.60. The largest absolute Gasteiger partial charge is 0.435 e. The maximum atomic E-state index is 13.1. The monoisotopic (exact) mass is 381 g/mol. The maximum absolute atomic E-state index is 13.1. The molecule has 0 aliphatic carbocycles. The minimum atomic E-state index is -4.59. The Kier molecular flexibility index (Phi) is 4.94. The number of nitrogens with two attached hydrogens (primary N) is 1. The minimum absolute atomic E-state index is 0.144. The molecule has 0 aliphatic rings. The highest BCUT2D eigenvalue weighted by Gasteiger charge is 2.35. The van der Waals surface area contributed by atoms with Crippen molar-refractivity contribution in [2.24, 2.45) is 5.73 Å². The van der Waals surface area contributed by atoms with Gasteiger partial charge in [0.25, 0.3) is 0 Å². The summed E-state index contributed by atoms with van der Waals surface area (Å²) in [5, 5.41) is 3.67. The van der Waals surface area contributed by atoms with Crippen molar-refractivity contribution in [2.75, 3.05) is 0 Å². The van der Waals surface area contributed by atoms with Gasteiger partial charge in [-0.1, -0.05) is 24.3 Å². The van der Waals surface area contributed by atoms with Gasteiger partial charge in [-0.15, -0.1) is 0 Å². The average molecular weight is 381 g/mol. The van der Waals surface area contributed by atoms with Crippen LogP contribution in [0.2, 0.25) is 0 Å². The van der Waals surface area contributed by atoms with Crippen LogP contribution in [-0.2, 0) is 23.8 Å². The summed E-state index contributed by atoms with van der Waals surface area (Å²) in [7, 11) is 0. The van der Waals surface area contributed by atoms with Gasteiger partial charge >= 0.3 is 6.18 Å². The molecule has 0 radical (unpaired) electrons. The number of hydrogen-bond donors (Lipinski definition) is 2. The van der Waals surface area contributed by atoms with Gasteiger partial charge in [-0.2, -0.15) is 18.3 Å². The molecule has 1 unspecified atom stereocenters. The van der Waals surface area contributed by atoms with Crippen LogP contribution < -0.4 is 5.73 Å². The molecule has 3 rings (SSSR count). The molecule has 3 N–H and O–H groups in total. The van der Waals surface area contributed by atoms with Gasteiger partial charge in [0.05, 0.1) is 16.3 Å². The second-order valence-corrected chi connectivity index (χ2v) is 6.44. The normalized spacial score (nSPS) is 13.0. The Balaban J connectivity index is 2.13. The third-order valence-corrected chi connectivity index (χ3v) is 4.44. The van der Waals surface area contributed by atoms with E-state index < -0.39 is 23.0 Å². The summed E-state index contributed by atoms with van der Waals surface area (Å²) in [6.07, 6.45) is -4.59. The molecule has 1 heterocycles. The van der Waals surface area contributed by atoms with Crippen LogP contribution in [0.25, 0.3) is 16.9 Å². The molecular weight excluding hydrogens is 367 g/mol. The highest BCUT2D eigenvalue weighted by Crippen LogP contribution is 2.33. The SMILES string of the molecule is NCc1ccc(-c2cc(C(F)(F)F)nn2-c2ccc(S(=O)O)cc2)cc1. The van der Waals surface area contributed by atoms with Crippen LogP contribution in [0.3, 0.4) is 0 Å². The lowest BCUT2D eigenvalue weighted by Crippen LogP contribution is -2.07. The van der Waals surface area contributed by atoms with Gasteiger partial charge in [0, 0.05) is 12.1 Å². The average Bonchev–Trinajstić information content (AvgIpc) is 3.07. The lowest BCUT2D eigenvalue weighted by atomic mass is 10.1. The summed E-state index contributed by atoms with van der Waals surface area (Å²) in [6, 6.07) is 13.4. The maximum Gasteiger partial charge on any atom is 0.435 e. The zero-order valence-corrected chi connectivity index (χ0v) is 14.1. The van der Waals surface area contributed by atoms with Gasteiger partial charge in [0.15, 0.2) is 16.8 Å². The van der Waals surface area contributed by atoms with E-state index in [0.717, 1.165) is 16.3 Å². The van der Waals surface area contributed by atoms with Crippen LogP contribution in [-0.4, -0.2) is 18.5 Å². The summed E-state index contributed by atoms with van der Waals surface area (Å²) in [4.78, 5) is 0.144. The van der Waals surface area contributed by atoms with E-state index in [2.05, 4.69) is 5.10 Å². The van der Waals surface area contributed by atoms with E-state index in [1.54, 1.807) is 24.3 Å². The Bertz CT molecular complexity index is 935. The summed E-state index contributed by atoms with van der Waals surface area (Å²) in [6.45, 7) is 0.326. The van der Waals surface area contributed by atoms with Gasteiger partial charge in [-0.05, 0) is 35.9 Å².